The highest BCUT2D eigenvalue weighted by Gasteiger charge is 2.20. The molecule has 6 nitrogen and oxygen atoms in total. The van der Waals surface area contributed by atoms with E-state index in [1.54, 1.807) is 42.3 Å². The van der Waals surface area contributed by atoms with Crippen LogP contribution >= 0.6 is 0 Å². The van der Waals surface area contributed by atoms with E-state index >= 15 is 0 Å². The maximum atomic E-state index is 13.4. The van der Waals surface area contributed by atoms with Crippen molar-refractivity contribution in [2.24, 2.45) is 7.05 Å². The Kier molecular flexibility index (Phi) is 3.76. The van der Waals surface area contributed by atoms with Gasteiger partial charge in [-0.15, -0.1) is 0 Å². The van der Waals surface area contributed by atoms with E-state index < -0.39 is 5.82 Å². The Morgan fingerprint density at radius 1 is 1.23 bits per heavy atom. The number of furan rings is 1. The fraction of sp³-hybridized carbons (Fsp3) is 0.105. The summed E-state index contributed by atoms with van der Waals surface area (Å²) >= 11 is 0. The molecule has 0 saturated carbocycles. The Morgan fingerprint density at radius 2 is 2.08 bits per heavy atom. The molecule has 0 aliphatic heterocycles. The molecule has 3 heterocycles. The van der Waals surface area contributed by atoms with Crippen LogP contribution < -0.4 is 5.32 Å². The lowest BCUT2D eigenvalue weighted by atomic mass is 10.1. The highest BCUT2D eigenvalue weighted by atomic mass is 19.1. The van der Waals surface area contributed by atoms with E-state index in [0.29, 0.717) is 39.4 Å². The van der Waals surface area contributed by atoms with Gasteiger partial charge in [-0.25, -0.2) is 9.37 Å². The maximum absolute atomic E-state index is 13.4. The summed E-state index contributed by atoms with van der Waals surface area (Å²) in [6.07, 6.45) is 1.54. The third-order valence-electron chi connectivity index (χ3n) is 4.07. The van der Waals surface area contributed by atoms with E-state index in [4.69, 9.17) is 4.42 Å². The summed E-state index contributed by atoms with van der Waals surface area (Å²) in [5, 5.41) is 7.74. The molecule has 130 valence electrons. The second kappa shape index (κ2) is 6.11. The number of nitrogens with one attached hydrogen (secondary N) is 1. The first-order valence-corrected chi connectivity index (χ1v) is 7.98. The molecule has 0 aliphatic rings. The molecule has 4 rings (SSSR count). The van der Waals surface area contributed by atoms with Crippen molar-refractivity contribution in [3.63, 3.8) is 0 Å². The van der Waals surface area contributed by atoms with Crippen molar-refractivity contribution in [1.29, 1.82) is 0 Å². The van der Waals surface area contributed by atoms with Crippen molar-refractivity contribution in [3.8, 4) is 11.5 Å². The Labute approximate surface area is 148 Å². The number of pyridine rings is 1. The van der Waals surface area contributed by atoms with Crippen LogP contribution in [0.1, 0.15) is 16.1 Å². The summed E-state index contributed by atoms with van der Waals surface area (Å²) in [5.41, 5.74) is 2.55. The second-order valence-electron chi connectivity index (χ2n) is 5.90. The molecule has 0 spiro atoms. The van der Waals surface area contributed by atoms with Gasteiger partial charge < -0.3 is 9.73 Å². The van der Waals surface area contributed by atoms with Crippen molar-refractivity contribution in [2.45, 2.75) is 6.92 Å². The first kappa shape index (κ1) is 16.0. The third-order valence-corrected chi connectivity index (χ3v) is 4.07. The lowest BCUT2D eigenvalue weighted by Gasteiger charge is -2.08. The molecule has 0 radical (unpaired) electrons. The third kappa shape index (κ3) is 2.73. The molecular formula is C19H15FN4O2. The van der Waals surface area contributed by atoms with Crippen LogP contribution in [-0.4, -0.2) is 20.7 Å². The molecule has 0 unspecified atom stereocenters. The van der Waals surface area contributed by atoms with E-state index in [2.05, 4.69) is 15.4 Å². The van der Waals surface area contributed by atoms with Gasteiger partial charge in [-0.05, 0) is 43.3 Å². The SMILES string of the molecule is Cc1nn(C)c2nc(-c3ccco3)cc(C(=O)Nc3cccc(F)c3)c12. The summed E-state index contributed by atoms with van der Waals surface area (Å²) in [4.78, 5) is 17.5. The molecular weight excluding hydrogens is 335 g/mol. The van der Waals surface area contributed by atoms with Crippen LogP contribution in [0.3, 0.4) is 0 Å². The van der Waals surface area contributed by atoms with Crippen molar-refractivity contribution >= 4 is 22.6 Å². The van der Waals surface area contributed by atoms with Crippen molar-refractivity contribution < 1.29 is 13.6 Å². The molecule has 1 amide bonds. The van der Waals surface area contributed by atoms with E-state index in [0.717, 1.165) is 0 Å². The van der Waals surface area contributed by atoms with Crippen LogP contribution in [0.15, 0.2) is 53.1 Å². The van der Waals surface area contributed by atoms with Crippen LogP contribution in [0.4, 0.5) is 10.1 Å². The van der Waals surface area contributed by atoms with Gasteiger partial charge >= 0.3 is 0 Å². The molecule has 7 heteroatoms. The average molecular weight is 350 g/mol. The number of fused-ring (bicyclic) bond motifs is 1. The normalized spacial score (nSPS) is 11.0. The minimum Gasteiger partial charge on any atom is -0.463 e. The largest absolute Gasteiger partial charge is 0.463 e. The van der Waals surface area contributed by atoms with Crippen molar-refractivity contribution in [2.75, 3.05) is 5.32 Å². The Bertz CT molecular complexity index is 1120. The predicted molar refractivity (Wildman–Crippen MR) is 95.3 cm³/mol. The van der Waals surface area contributed by atoms with Gasteiger partial charge in [0, 0.05) is 12.7 Å². The van der Waals surface area contributed by atoms with E-state index in [1.807, 2.05) is 6.92 Å². The number of aryl methyl sites for hydroxylation is 2. The molecule has 0 fully saturated rings. The Morgan fingerprint density at radius 3 is 2.81 bits per heavy atom. The molecule has 26 heavy (non-hydrogen) atoms. The van der Waals surface area contributed by atoms with Gasteiger partial charge in [-0.3, -0.25) is 9.48 Å². The minimum absolute atomic E-state index is 0.369. The van der Waals surface area contributed by atoms with E-state index in [9.17, 15) is 9.18 Å². The number of carbonyl (C=O) groups excluding carboxylic acids is 1. The van der Waals surface area contributed by atoms with Crippen LogP contribution in [0, 0.1) is 12.7 Å². The summed E-state index contributed by atoms with van der Waals surface area (Å²) < 4.78 is 20.4. The van der Waals surface area contributed by atoms with Gasteiger partial charge in [0.25, 0.3) is 5.91 Å². The van der Waals surface area contributed by atoms with Gasteiger partial charge in [0.05, 0.1) is 22.9 Å². The van der Waals surface area contributed by atoms with Crippen molar-refractivity contribution in [1.82, 2.24) is 14.8 Å². The van der Waals surface area contributed by atoms with Crippen LogP contribution in [0.25, 0.3) is 22.5 Å². The summed E-state index contributed by atoms with van der Waals surface area (Å²) in [7, 11) is 1.77. The first-order valence-electron chi connectivity index (χ1n) is 7.98. The zero-order valence-electron chi connectivity index (χ0n) is 14.2. The number of carbonyl (C=O) groups is 1. The maximum Gasteiger partial charge on any atom is 0.256 e. The zero-order chi connectivity index (χ0) is 18.3. The highest BCUT2D eigenvalue weighted by Crippen LogP contribution is 2.27. The van der Waals surface area contributed by atoms with Crippen LogP contribution in [-0.2, 0) is 7.05 Å². The van der Waals surface area contributed by atoms with Gasteiger partial charge in [0.15, 0.2) is 11.4 Å². The molecule has 3 aromatic heterocycles. The number of amides is 1. The smallest absolute Gasteiger partial charge is 0.256 e. The Balaban J connectivity index is 1.85. The number of nitrogens with zero attached hydrogens (tertiary/aromatic N) is 3. The number of halogens is 1. The van der Waals surface area contributed by atoms with Gasteiger partial charge in [-0.1, -0.05) is 6.07 Å². The standard InChI is InChI=1S/C19H15FN4O2/c1-11-17-14(19(25)21-13-6-3-5-12(20)9-13)10-15(16-7-4-8-26-16)22-18(17)24(2)23-11/h3-10H,1-2H3,(H,21,25). The van der Waals surface area contributed by atoms with Gasteiger partial charge in [-0.2, -0.15) is 5.10 Å². The quantitative estimate of drug-likeness (QED) is 0.608. The molecule has 0 saturated heterocycles. The number of rotatable bonds is 3. The molecule has 1 N–H and O–H groups in total. The zero-order valence-corrected chi connectivity index (χ0v) is 14.2. The average Bonchev–Trinajstić information content (AvgIpc) is 3.23. The monoisotopic (exact) mass is 350 g/mol. The molecule has 1 aromatic carbocycles. The first-order chi connectivity index (χ1) is 12.5. The summed E-state index contributed by atoms with van der Waals surface area (Å²) in [6.45, 7) is 1.82. The number of aromatic nitrogens is 3. The fourth-order valence-corrected chi connectivity index (χ4v) is 2.94. The number of benzene rings is 1. The van der Waals surface area contributed by atoms with E-state index in [1.165, 1.54) is 18.2 Å². The van der Waals surface area contributed by atoms with Crippen molar-refractivity contribution in [3.05, 3.63) is 65.8 Å². The van der Waals surface area contributed by atoms with E-state index in [-0.39, 0.29) is 5.91 Å². The molecule has 0 aliphatic carbocycles. The summed E-state index contributed by atoms with van der Waals surface area (Å²) in [5.74, 6) is -0.242. The lowest BCUT2D eigenvalue weighted by molar-refractivity contribution is 0.102. The molecule has 4 aromatic rings. The second-order valence-corrected chi connectivity index (χ2v) is 5.90. The minimum atomic E-state index is -0.420. The highest BCUT2D eigenvalue weighted by molar-refractivity contribution is 6.13. The molecule has 0 atom stereocenters. The topological polar surface area (TPSA) is 73.0 Å². The van der Waals surface area contributed by atoms with Crippen LogP contribution in [0.5, 0.6) is 0 Å². The predicted octanol–water partition coefficient (Wildman–Crippen LogP) is 3.93. The lowest BCUT2D eigenvalue weighted by Crippen LogP contribution is -2.13. The van der Waals surface area contributed by atoms with Gasteiger partial charge in [0.2, 0.25) is 0 Å². The van der Waals surface area contributed by atoms with Crippen LogP contribution in [0.2, 0.25) is 0 Å². The van der Waals surface area contributed by atoms with Gasteiger partial charge in [0.1, 0.15) is 11.5 Å². The Hall–Kier alpha value is -3.48. The molecule has 0 bridgehead atoms. The fourth-order valence-electron chi connectivity index (χ4n) is 2.94. The summed E-state index contributed by atoms with van der Waals surface area (Å²) in [6, 6.07) is 10.9. The number of hydrogen-bond donors (Lipinski definition) is 1. The number of hydrogen-bond acceptors (Lipinski definition) is 4. The number of anilines is 1.